The molecule has 0 atom stereocenters. The summed E-state index contributed by atoms with van der Waals surface area (Å²) < 4.78 is 36.0. The molecule has 0 unspecified atom stereocenters. The Labute approximate surface area is 76.4 Å². The molecule has 0 spiro atoms. The SMILES string of the molecule is [2H]C([2H])(OC(C)(C)C)C([2H])([2H])[N+](C)(C)C. The van der Waals surface area contributed by atoms with E-state index in [4.69, 9.17) is 10.2 Å². The number of rotatable bonds is 3. The summed E-state index contributed by atoms with van der Waals surface area (Å²) in [4.78, 5) is 0. The second kappa shape index (κ2) is 3.55. The van der Waals surface area contributed by atoms with Crippen molar-refractivity contribution in [3.8, 4) is 0 Å². The molecule has 0 heterocycles. The molecule has 0 aliphatic heterocycles. The third-order valence-electron chi connectivity index (χ3n) is 0.738. The van der Waals surface area contributed by atoms with Gasteiger partial charge in [0.2, 0.25) is 0 Å². The maximum Gasteiger partial charge on any atom is 0.102 e. The average molecular weight is 164 g/mol. The van der Waals surface area contributed by atoms with E-state index in [1.807, 2.05) is 0 Å². The molecule has 0 aliphatic rings. The molecule has 11 heavy (non-hydrogen) atoms. The first kappa shape index (κ1) is 5.55. The van der Waals surface area contributed by atoms with Crippen LogP contribution in [-0.2, 0) is 4.74 Å². The van der Waals surface area contributed by atoms with Crippen molar-refractivity contribution in [3.63, 3.8) is 0 Å². The van der Waals surface area contributed by atoms with Gasteiger partial charge < -0.3 is 9.22 Å². The predicted molar refractivity (Wildman–Crippen MR) is 48.6 cm³/mol. The lowest BCUT2D eigenvalue weighted by molar-refractivity contribution is -0.871. The number of hydrogen-bond donors (Lipinski definition) is 0. The normalized spacial score (nSPS) is 21.6. The van der Waals surface area contributed by atoms with E-state index in [9.17, 15) is 0 Å². The van der Waals surface area contributed by atoms with Crippen molar-refractivity contribution in [2.24, 2.45) is 0 Å². The quantitative estimate of drug-likeness (QED) is 0.575. The average Bonchev–Trinajstić information content (AvgIpc) is 1.77. The van der Waals surface area contributed by atoms with Crippen molar-refractivity contribution in [1.82, 2.24) is 0 Å². The summed E-state index contributed by atoms with van der Waals surface area (Å²) in [6.07, 6.45) is 0. The third kappa shape index (κ3) is 9.92. The minimum atomic E-state index is -2.33. The molecule has 0 rings (SSSR count). The van der Waals surface area contributed by atoms with Crippen molar-refractivity contribution in [3.05, 3.63) is 0 Å². The monoisotopic (exact) mass is 164 g/mol. The standard InChI is InChI=1S/C9H22NO/c1-9(2,3)11-8-7-10(4,5)6/h7-8H2,1-6H3/q+1/i7D2,8D2. The summed E-state index contributed by atoms with van der Waals surface area (Å²) in [7, 11) is 4.80. The molecule has 0 radical (unpaired) electrons. The maximum absolute atomic E-state index is 7.80. The molecule has 0 aliphatic carbocycles. The van der Waals surface area contributed by atoms with Crippen LogP contribution in [0.4, 0.5) is 0 Å². The first-order valence-electron chi connectivity index (χ1n) is 5.72. The van der Waals surface area contributed by atoms with E-state index < -0.39 is 18.7 Å². The summed E-state index contributed by atoms with van der Waals surface area (Å²) in [6, 6.07) is 0. The van der Waals surface area contributed by atoms with Gasteiger partial charge >= 0.3 is 0 Å². The number of hydrogen-bond acceptors (Lipinski definition) is 1. The Balaban J connectivity index is 5.03. The number of ether oxygens (including phenoxy) is 1. The van der Waals surface area contributed by atoms with Crippen LogP contribution in [0.2, 0.25) is 0 Å². The van der Waals surface area contributed by atoms with Gasteiger partial charge in [0.05, 0.1) is 38.8 Å². The van der Waals surface area contributed by atoms with Crippen LogP contribution >= 0.6 is 0 Å². The first-order chi connectivity index (χ1) is 6.21. The lowest BCUT2D eigenvalue weighted by Gasteiger charge is -2.26. The van der Waals surface area contributed by atoms with Gasteiger partial charge in [-0.05, 0) is 20.8 Å². The van der Waals surface area contributed by atoms with Gasteiger partial charge in [-0.3, -0.25) is 0 Å². The van der Waals surface area contributed by atoms with Crippen LogP contribution < -0.4 is 0 Å². The van der Waals surface area contributed by atoms with Gasteiger partial charge in [0.25, 0.3) is 0 Å². The van der Waals surface area contributed by atoms with Crippen molar-refractivity contribution >= 4 is 0 Å². The van der Waals surface area contributed by atoms with Gasteiger partial charge in [-0.15, -0.1) is 0 Å². The second-order valence-electron chi connectivity index (χ2n) is 4.44. The van der Waals surface area contributed by atoms with Crippen LogP contribution in [-0.4, -0.2) is 44.3 Å². The summed E-state index contributed by atoms with van der Waals surface area (Å²) in [6.45, 7) is 0.674. The Morgan fingerprint density at radius 3 is 2.00 bits per heavy atom. The maximum atomic E-state index is 7.80. The highest BCUT2D eigenvalue weighted by molar-refractivity contribution is 4.57. The highest BCUT2D eigenvalue weighted by Crippen LogP contribution is 2.06. The van der Waals surface area contributed by atoms with Crippen molar-refractivity contribution in [1.29, 1.82) is 0 Å². The molecule has 0 N–H and O–H groups in total. The molecular formula is C9H22NO+. The van der Waals surface area contributed by atoms with Crippen molar-refractivity contribution in [2.45, 2.75) is 26.4 Å². The Hall–Kier alpha value is -0.0800. The van der Waals surface area contributed by atoms with Gasteiger partial charge in [0, 0.05) is 0 Å². The van der Waals surface area contributed by atoms with Crippen molar-refractivity contribution < 1.29 is 14.7 Å². The molecular weight excluding hydrogens is 138 g/mol. The smallest absolute Gasteiger partial charge is 0.102 e. The molecule has 0 saturated carbocycles. The zero-order chi connectivity index (χ0) is 12.7. The van der Waals surface area contributed by atoms with E-state index in [-0.39, 0.29) is 4.48 Å². The molecule has 2 heteroatoms. The predicted octanol–water partition coefficient (Wildman–Crippen LogP) is 1.51. The fourth-order valence-corrected chi connectivity index (χ4v) is 0.313. The van der Waals surface area contributed by atoms with Crippen LogP contribution in [0.5, 0.6) is 0 Å². The fourth-order valence-electron chi connectivity index (χ4n) is 0.313. The Kier molecular flexibility index (Phi) is 1.79. The van der Waals surface area contributed by atoms with Gasteiger partial charge in [0.1, 0.15) is 6.50 Å². The van der Waals surface area contributed by atoms with E-state index in [0.717, 1.165) is 0 Å². The van der Waals surface area contributed by atoms with Gasteiger partial charge in [-0.25, -0.2) is 0 Å². The Morgan fingerprint density at radius 2 is 1.73 bits per heavy atom. The third-order valence-corrected chi connectivity index (χ3v) is 0.738. The van der Waals surface area contributed by atoms with Crippen molar-refractivity contribution in [2.75, 3.05) is 34.2 Å². The molecule has 0 aromatic rings. The number of nitrogens with zero attached hydrogens (tertiary/aromatic N) is 1. The number of likely N-dealkylation sites (N-methyl/N-ethyl adjacent to an activating group) is 1. The van der Waals surface area contributed by atoms with Crippen LogP contribution in [0.25, 0.3) is 0 Å². The topological polar surface area (TPSA) is 9.23 Å². The van der Waals surface area contributed by atoms with Crippen LogP contribution in [0, 0.1) is 0 Å². The van der Waals surface area contributed by atoms with Crippen LogP contribution in [0.3, 0.4) is 0 Å². The molecule has 2 nitrogen and oxygen atoms in total. The highest BCUT2D eigenvalue weighted by Gasteiger charge is 2.12. The minimum Gasteiger partial charge on any atom is -0.370 e. The molecule has 0 aromatic carbocycles. The van der Waals surface area contributed by atoms with Crippen LogP contribution in [0.1, 0.15) is 26.3 Å². The molecule has 0 aromatic heterocycles. The summed E-state index contributed by atoms with van der Waals surface area (Å²) in [5, 5.41) is 0. The highest BCUT2D eigenvalue weighted by atomic mass is 16.5. The number of quaternary nitrogens is 1. The zero-order valence-corrected chi connectivity index (χ0v) is 8.36. The first-order valence-corrected chi connectivity index (χ1v) is 3.72. The van der Waals surface area contributed by atoms with E-state index in [1.54, 1.807) is 41.9 Å². The molecule has 0 amide bonds. The largest absolute Gasteiger partial charge is 0.370 e. The van der Waals surface area contributed by atoms with Gasteiger partial charge in [-0.1, -0.05) is 0 Å². The van der Waals surface area contributed by atoms with Gasteiger partial charge in [-0.2, -0.15) is 0 Å². The zero-order valence-electron chi connectivity index (χ0n) is 12.4. The molecule has 0 fully saturated rings. The lowest BCUT2D eigenvalue weighted by Crippen LogP contribution is -2.39. The van der Waals surface area contributed by atoms with E-state index >= 15 is 0 Å². The second-order valence-corrected chi connectivity index (χ2v) is 4.44. The summed E-state index contributed by atoms with van der Waals surface area (Å²) in [5.74, 6) is 0. The fraction of sp³-hybridized carbons (Fsp3) is 1.00. The van der Waals surface area contributed by atoms with E-state index in [2.05, 4.69) is 0 Å². The molecule has 0 saturated heterocycles. The minimum absolute atomic E-state index is 0.157. The molecule has 0 bridgehead atoms. The Morgan fingerprint density at radius 1 is 1.27 bits per heavy atom. The van der Waals surface area contributed by atoms with E-state index in [1.165, 1.54) is 0 Å². The van der Waals surface area contributed by atoms with E-state index in [0.29, 0.717) is 0 Å². The Bertz CT molecular complexity index is 227. The summed E-state index contributed by atoms with van der Waals surface area (Å²) >= 11 is 0. The summed E-state index contributed by atoms with van der Waals surface area (Å²) in [5.41, 5.74) is -0.716. The lowest BCUT2D eigenvalue weighted by atomic mass is 10.2. The van der Waals surface area contributed by atoms with Gasteiger partial charge in [0.15, 0.2) is 0 Å². The van der Waals surface area contributed by atoms with Crippen LogP contribution in [0.15, 0.2) is 0 Å². The molecule has 68 valence electrons.